The van der Waals surface area contributed by atoms with E-state index in [-0.39, 0.29) is 29.6 Å². The third kappa shape index (κ3) is 4.43. The van der Waals surface area contributed by atoms with Crippen LogP contribution in [-0.2, 0) is 11.3 Å². The monoisotopic (exact) mass is 457 g/mol. The summed E-state index contributed by atoms with van der Waals surface area (Å²) >= 11 is 6.21. The van der Waals surface area contributed by atoms with Crippen molar-refractivity contribution in [2.45, 2.75) is 24.8 Å². The van der Waals surface area contributed by atoms with Crippen molar-refractivity contribution in [3.63, 3.8) is 0 Å². The Labute approximate surface area is 200 Å². The molecule has 1 amide bonds. The highest BCUT2D eigenvalue weighted by Crippen LogP contribution is 2.49. The normalized spacial score (nSPS) is 24.4. The van der Waals surface area contributed by atoms with E-state index in [4.69, 9.17) is 16.3 Å². The maximum atomic E-state index is 14.0. The van der Waals surface area contributed by atoms with Gasteiger partial charge >= 0.3 is 0 Å². The molecule has 2 aliphatic rings. The number of carbonyl (C=O) groups is 1. The van der Waals surface area contributed by atoms with Crippen LogP contribution in [-0.4, -0.2) is 24.5 Å². The van der Waals surface area contributed by atoms with E-state index in [1.807, 2.05) is 47.4 Å². The third-order valence-corrected chi connectivity index (χ3v) is 7.35. The molecule has 0 unspecified atom stereocenters. The van der Waals surface area contributed by atoms with Crippen molar-refractivity contribution >= 4 is 17.5 Å². The molecule has 0 aromatic heterocycles. The number of amides is 1. The van der Waals surface area contributed by atoms with Gasteiger partial charge in [-0.05, 0) is 53.3 Å². The molecule has 33 heavy (non-hydrogen) atoms. The summed E-state index contributed by atoms with van der Waals surface area (Å²) in [6.07, 6.45) is 5.59. The summed E-state index contributed by atoms with van der Waals surface area (Å²) in [7, 11) is 1.67. The molecule has 0 radical (unpaired) electrons. The molecule has 4 heteroatoms. The Bertz CT molecular complexity index is 1120. The number of methoxy groups -OCH3 is 1. The van der Waals surface area contributed by atoms with Crippen LogP contribution in [0.3, 0.4) is 0 Å². The molecule has 1 heterocycles. The van der Waals surface area contributed by atoms with Crippen molar-refractivity contribution < 1.29 is 9.53 Å². The number of benzene rings is 3. The van der Waals surface area contributed by atoms with Crippen LogP contribution in [0.15, 0.2) is 91.0 Å². The summed E-state index contributed by atoms with van der Waals surface area (Å²) in [5, 5.41) is 0.717. The molecule has 3 nitrogen and oxygen atoms in total. The van der Waals surface area contributed by atoms with Gasteiger partial charge in [-0.25, -0.2) is 0 Å². The third-order valence-electron chi connectivity index (χ3n) is 7.10. The minimum absolute atomic E-state index is 0.0748. The van der Waals surface area contributed by atoms with E-state index in [0.717, 1.165) is 24.3 Å². The number of piperidine rings is 1. The summed E-state index contributed by atoms with van der Waals surface area (Å²) < 4.78 is 5.28. The molecule has 3 aromatic rings. The Morgan fingerprint density at radius 3 is 2.30 bits per heavy atom. The van der Waals surface area contributed by atoms with Gasteiger partial charge in [0, 0.05) is 29.9 Å². The van der Waals surface area contributed by atoms with Crippen molar-refractivity contribution in [3.05, 3.63) is 113 Å². The number of halogens is 1. The highest BCUT2D eigenvalue weighted by Gasteiger charge is 2.46. The zero-order chi connectivity index (χ0) is 22.8. The lowest BCUT2D eigenvalue weighted by Crippen LogP contribution is -2.49. The van der Waals surface area contributed by atoms with Crippen LogP contribution in [0.1, 0.15) is 34.9 Å². The molecule has 5 rings (SSSR count). The second kappa shape index (κ2) is 9.44. The van der Waals surface area contributed by atoms with Gasteiger partial charge in [-0.3, -0.25) is 4.79 Å². The smallest absolute Gasteiger partial charge is 0.227 e. The van der Waals surface area contributed by atoms with Crippen LogP contribution in [0.4, 0.5) is 0 Å². The molecular formula is C29H28ClNO2. The lowest BCUT2D eigenvalue weighted by molar-refractivity contribution is -0.142. The van der Waals surface area contributed by atoms with Crippen molar-refractivity contribution in [2.75, 3.05) is 13.7 Å². The molecule has 0 spiro atoms. The van der Waals surface area contributed by atoms with Crippen LogP contribution < -0.4 is 4.74 Å². The molecule has 3 aromatic carbocycles. The van der Waals surface area contributed by atoms with Gasteiger partial charge in [0.2, 0.25) is 5.91 Å². The quantitative estimate of drug-likeness (QED) is 0.412. The van der Waals surface area contributed by atoms with E-state index in [0.29, 0.717) is 11.6 Å². The number of carbonyl (C=O) groups excluding carboxylic acids is 1. The predicted octanol–water partition coefficient (Wildman–Crippen LogP) is 6.45. The summed E-state index contributed by atoms with van der Waals surface area (Å²) in [5.41, 5.74) is 3.54. The Morgan fingerprint density at radius 1 is 0.879 bits per heavy atom. The van der Waals surface area contributed by atoms with E-state index in [9.17, 15) is 4.79 Å². The number of hydrogen-bond acceptors (Lipinski definition) is 2. The molecule has 1 fully saturated rings. The molecule has 0 saturated carbocycles. The summed E-state index contributed by atoms with van der Waals surface area (Å²) in [6.45, 7) is 1.40. The fraction of sp³-hybridized carbons (Fsp3) is 0.276. The Morgan fingerprint density at radius 2 is 1.61 bits per heavy atom. The lowest BCUT2D eigenvalue weighted by Gasteiger charge is -2.45. The number of hydrogen-bond donors (Lipinski definition) is 0. The van der Waals surface area contributed by atoms with Crippen LogP contribution in [0.25, 0.3) is 0 Å². The first-order valence-corrected chi connectivity index (χ1v) is 11.9. The van der Waals surface area contributed by atoms with Gasteiger partial charge in [0.25, 0.3) is 0 Å². The zero-order valence-electron chi connectivity index (χ0n) is 18.7. The van der Waals surface area contributed by atoms with Gasteiger partial charge in [0.05, 0.1) is 13.0 Å². The van der Waals surface area contributed by atoms with E-state index < -0.39 is 0 Å². The molecule has 0 N–H and O–H groups in total. The fourth-order valence-electron chi connectivity index (χ4n) is 5.43. The topological polar surface area (TPSA) is 29.5 Å². The summed E-state index contributed by atoms with van der Waals surface area (Å²) in [6, 6.07) is 26.6. The van der Waals surface area contributed by atoms with E-state index >= 15 is 0 Å². The van der Waals surface area contributed by atoms with Gasteiger partial charge < -0.3 is 9.64 Å². The van der Waals surface area contributed by atoms with Crippen LogP contribution in [0.5, 0.6) is 5.75 Å². The lowest BCUT2D eigenvalue weighted by atomic mass is 9.63. The maximum Gasteiger partial charge on any atom is 0.227 e. The molecule has 1 aliphatic carbocycles. The largest absolute Gasteiger partial charge is 0.497 e. The average molecular weight is 458 g/mol. The first-order chi connectivity index (χ1) is 16.1. The summed E-state index contributed by atoms with van der Waals surface area (Å²) in [5.74, 6) is 1.46. The Kier molecular flexibility index (Phi) is 6.24. The van der Waals surface area contributed by atoms with E-state index in [1.54, 1.807) is 7.11 Å². The van der Waals surface area contributed by atoms with Gasteiger partial charge in [0.15, 0.2) is 0 Å². The maximum absolute atomic E-state index is 14.0. The van der Waals surface area contributed by atoms with E-state index in [2.05, 4.69) is 48.6 Å². The fourth-order valence-corrected chi connectivity index (χ4v) is 5.56. The SMILES string of the molecule is COc1ccc(CN2CC[C@H]3C=C[C@@H](c4ccccc4)[C@H](c4ccc(Cl)cc4)[C@H]3C2=O)cc1. The molecule has 1 aliphatic heterocycles. The van der Waals surface area contributed by atoms with Crippen LogP contribution >= 0.6 is 11.6 Å². The second-order valence-electron chi connectivity index (χ2n) is 8.98. The molecule has 4 atom stereocenters. The van der Waals surface area contributed by atoms with Crippen molar-refractivity contribution in [2.24, 2.45) is 11.8 Å². The van der Waals surface area contributed by atoms with Crippen molar-refractivity contribution in [1.29, 1.82) is 0 Å². The number of fused-ring (bicyclic) bond motifs is 1. The van der Waals surface area contributed by atoms with Crippen LogP contribution in [0, 0.1) is 11.8 Å². The minimum Gasteiger partial charge on any atom is -0.497 e. The standard InChI is InChI=1S/C29H28ClNO2/c1-33-25-14-7-20(8-15-25)19-31-18-17-23-11-16-26(21-5-3-2-4-6-21)27(28(23)29(31)32)22-9-12-24(30)13-10-22/h2-16,23,26-28H,17-19H2,1H3/t23-,26+,27+,28+/m1/s1. The number of ether oxygens (including phenoxy) is 1. The number of nitrogens with zero attached hydrogens (tertiary/aromatic N) is 1. The molecular weight excluding hydrogens is 430 g/mol. The van der Waals surface area contributed by atoms with Gasteiger partial charge in [-0.2, -0.15) is 0 Å². The number of allylic oxidation sites excluding steroid dienone is 2. The van der Waals surface area contributed by atoms with Crippen molar-refractivity contribution in [1.82, 2.24) is 4.90 Å². The second-order valence-corrected chi connectivity index (χ2v) is 9.42. The van der Waals surface area contributed by atoms with E-state index in [1.165, 1.54) is 11.1 Å². The first kappa shape index (κ1) is 21.8. The average Bonchev–Trinajstić information content (AvgIpc) is 2.86. The van der Waals surface area contributed by atoms with Crippen LogP contribution in [0.2, 0.25) is 5.02 Å². The predicted molar refractivity (Wildman–Crippen MR) is 133 cm³/mol. The number of rotatable bonds is 5. The minimum atomic E-state index is -0.0895. The highest BCUT2D eigenvalue weighted by molar-refractivity contribution is 6.30. The van der Waals surface area contributed by atoms with Gasteiger partial charge in [0.1, 0.15) is 5.75 Å². The molecule has 168 valence electrons. The zero-order valence-corrected chi connectivity index (χ0v) is 19.5. The highest BCUT2D eigenvalue weighted by atomic mass is 35.5. The van der Waals surface area contributed by atoms with Gasteiger partial charge in [-0.1, -0.05) is 78.4 Å². The summed E-state index contributed by atoms with van der Waals surface area (Å²) in [4.78, 5) is 16.0. The molecule has 0 bridgehead atoms. The Hall–Kier alpha value is -3.04. The Balaban J connectivity index is 1.49. The number of likely N-dealkylation sites (tertiary alicyclic amines) is 1. The first-order valence-electron chi connectivity index (χ1n) is 11.5. The van der Waals surface area contributed by atoms with Gasteiger partial charge in [-0.15, -0.1) is 0 Å². The van der Waals surface area contributed by atoms with Crippen molar-refractivity contribution in [3.8, 4) is 5.75 Å². The molecule has 1 saturated heterocycles.